The highest BCUT2D eigenvalue weighted by atomic mass is 16.3. The maximum absolute atomic E-state index is 7.02. The number of aromatic nitrogens is 1. The molecule has 310 valence electrons. The van der Waals surface area contributed by atoms with Crippen molar-refractivity contribution in [3.8, 4) is 39.1 Å². The van der Waals surface area contributed by atoms with E-state index in [2.05, 4.69) is 223 Å². The molecule has 1 aliphatic carbocycles. The van der Waals surface area contributed by atoms with E-state index in [-0.39, 0.29) is 5.92 Å². The standard InChI is InChI=1S/C64H37NO2/c1-3-12-38(13-4-1)45-18-8-22-49-51-24-10-20-47(63(51)66-61(45)49)43-30-34-57-54(36-43)55-37-44(48-21-11-25-52-50-23-9-19-46(62(50)67-64(48)52)39-14-5-2-6-15-39)31-35-58(55)65(57)56-33-29-42-27-26-40-16-7-17-41-28-32-53(56)60(42)59(40)41/h1-18,20-29,31-33,35-37,46H,19H2. The largest absolute Gasteiger partial charge is 0.459 e. The minimum atomic E-state index is 0.165. The molecule has 3 nitrogen and oxygen atoms in total. The van der Waals surface area contributed by atoms with Crippen molar-refractivity contribution in [1.82, 2.24) is 4.57 Å². The second-order valence-electron chi connectivity index (χ2n) is 18.1. The van der Waals surface area contributed by atoms with Crippen molar-refractivity contribution >= 4 is 93.1 Å². The van der Waals surface area contributed by atoms with Crippen LogP contribution in [0.1, 0.15) is 29.2 Å². The van der Waals surface area contributed by atoms with E-state index in [1.54, 1.807) is 0 Å². The summed E-state index contributed by atoms with van der Waals surface area (Å²) in [6.07, 6.45) is 5.45. The summed E-state index contributed by atoms with van der Waals surface area (Å²) in [5.41, 5.74) is 14.6. The topological polar surface area (TPSA) is 31.2 Å². The molecule has 3 heterocycles. The molecule has 0 fully saturated rings. The number of furan rings is 2. The first-order valence-corrected chi connectivity index (χ1v) is 23.1. The first-order valence-electron chi connectivity index (χ1n) is 23.1. The number of allylic oxidation sites excluding steroid dienone is 1. The van der Waals surface area contributed by atoms with E-state index in [9.17, 15) is 0 Å². The average molecular weight is 852 g/mol. The van der Waals surface area contributed by atoms with Gasteiger partial charge in [-0.1, -0.05) is 182 Å². The van der Waals surface area contributed by atoms with Crippen LogP contribution in [-0.2, 0) is 0 Å². The molecule has 1 unspecified atom stereocenters. The summed E-state index contributed by atoms with van der Waals surface area (Å²) in [7, 11) is 0. The summed E-state index contributed by atoms with van der Waals surface area (Å²) < 4.78 is 16.4. The Bertz CT molecular complexity index is 4340. The molecule has 0 saturated heterocycles. The Morgan fingerprint density at radius 3 is 1.91 bits per heavy atom. The number of nitrogens with zero attached hydrogens (tertiary/aromatic N) is 1. The number of para-hydroxylation sites is 3. The molecule has 0 saturated carbocycles. The maximum Gasteiger partial charge on any atom is 0.143 e. The average Bonchev–Trinajstić information content (AvgIpc) is 4.08. The zero-order chi connectivity index (χ0) is 43.7. The van der Waals surface area contributed by atoms with Gasteiger partial charge in [-0.05, 0) is 86.4 Å². The van der Waals surface area contributed by atoms with E-state index < -0.39 is 0 Å². The van der Waals surface area contributed by atoms with E-state index in [0.717, 1.165) is 106 Å². The van der Waals surface area contributed by atoms with Crippen LogP contribution in [0.15, 0.2) is 209 Å². The Labute approximate surface area is 385 Å². The Kier molecular flexibility index (Phi) is 7.53. The monoisotopic (exact) mass is 851 g/mol. The van der Waals surface area contributed by atoms with E-state index in [1.165, 1.54) is 43.4 Å². The molecule has 0 N–H and O–H groups in total. The van der Waals surface area contributed by atoms with Crippen LogP contribution >= 0.6 is 0 Å². The molecule has 0 aliphatic heterocycles. The number of rotatable bonds is 5. The molecule has 14 aromatic rings. The lowest BCUT2D eigenvalue weighted by Crippen LogP contribution is -2.03. The van der Waals surface area contributed by atoms with Gasteiger partial charge in [0.15, 0.2) is 0 Å². The highest BCUT2D eigenvalue weighted by molar-refractivity contribution is 6.25. The van der Waals surface area contributed by atoms with Gasteiger partial charge in [-0.3, -0.25) is 0 Å². The van der Waals surface area contributed by atoms with Crippen LogP contribution < -0.4 is 0 Å². The third kappa shape index (κ3) is 5.24. The highest BCUT2D eigenvalue weighted by Gasteiger charge is 2.27. The molecule has 67 heavy (non-hydrogen) atoms. The second-order valence-corrected chi connectivity index (χ2v) is 18.1. The summed E-state index contributed by atoms with van der Waals surface area (Å²) in [4.78, 5) is 0. The van der Waals surface area contributed by atoms with Crippen molar-refractivity contribution < 1.29 is 8.83 Å². The van der Waals surface area contributed by atoms with Gasteiger partial charge in [0.05, 0.1) is 11.2 Å². The predicted octanol–water partition coefficient (Wildman–Crippen LogP) is 17.5. The second kappa shape index (κ2) is 13.8. The summed E-state index contributed by atoms with van der Waals surface area (Å²) in [6.45, 7) is 0. The normalized spacial score (nSPS) is 13.9. The SMILES string of the molecule is c1c(-c2cccc3c2oc2c(-c4ccccc4)cccc23)cc2c3cc(-c4cccc5c6c(oc45)C(c4ccccc4)CC=C6)ccc3n(-c3ccc4ccc5cccc6ccc3c4c56)c2c#1. The van der Waals surface area contributed by atoms with Crippen LogP contribution in [0, 0.1) is 12.1 Å². The van der Waals surface area contributed by atoms with Gasteiger partial charge < -0.3 is 13.4 Å². The Hall–Kier alpha value is -8.84. The van der Waals surface area contributed by atoms with Crippen molar-refractivity contribution in [2.24, 2.45) is 0 Å². The van der Waals surface area contributed by atoms with E-state index >= 15 is 0 Å². The number of hydrogen-bond donors (Lipinski definition) is 0. The Morgan fingerprint density at radius 2 is 1.10 bits per heavy atom. The van der Waals surface area contributed by atoms with Crippen molar-refractivity contribution in [2.45, 2.75) is 12.3 Å². The summed E-state index contributed by atoms with van der Waals surface area (Å²) in [5.74, 6) is 1.20. The molecule has 0 amide bonds. The lowest BCUT2D eigenvalue weighted by molar-refractivity contribution is 0.517. The van der Waals surface area contributed by atoms with E-state index in [4.69, 9.17) is 8.83 Å². The van der Waals surface area contributed by atoms with Gasteiger partial charge in [0.25, 0.3) is 0 Å². The summed E-state index contributed by atoms with van der Waals surface area (Å²) in [6, 6.07) is 77.5. The fourth-order valence-electron chi connectivity index (χ4n) is 11.5. The number of fused-ring (bicyclic) bond motifs is 9. The van der Waals surface area contributed by atoms with Gasteiger partial charge in [0.1, 0.15) is 28.0 Å². The first-order chi connectivity index (χ1) is 33.2. The fourth-order valence-corrected chi connectivity index (χ4v) is 11.5. The third-order valence-electron chi connectivity index (χ3n) is 14.5. The summed E-state index contributed by atoms with van der Waals surface area (Å²) >= 11 is 0. The van der Waals surface area contributed by atoms with Gasteiger partial charge in [-0.2, -0.15) is 0 Å². The molecule has 1 atom stereocenters. The minimum absolute atomic E-state index is 0.165. The zero-order valence-corrected chi connectivity index (χ0v) is 36.2. The van der Waals surface area contributed by atoms with Crippen LogP contribution in [0.2, 0.25) is 0 Å². The first kappa shape index (κ1) is 36.5. The van der Waals surface area contributed by atoms with Gasteiger partial charge in [-0.15, -0.1) is 0 Å². The third-order valence-corrected chi connectivity index (χ3v) is 14.5. The van der Waals surface area contributed by atoms with Crippen molar-refractivity contribution in [1.29, 1.82) is 0 Å². The van der Waals surface area contributed by atoms with Gasteiger partial charge in [0, 0.05) is 66.1 Å². The minimum Gasteiger partial charge on any atom is -0.459 e. The van der Waals surface area contributed by atoms with Gasteiger partial charge >= 0.3 is 0 Å². The number of benzene rings is 10. The van der Waals surface area contributed by atoms with E-state index in [1.807, 2.05) is 0 Å². The molecule has 0 bridgehead atoms. The highest BCUT2D eigenvalue weighted by Crippen LogP contribution is 2.46. The van der Waals surface area contributed by atoms with Gasteiger partial charge in [-0.25, -0.2) is 0 Å². The fraction of sp³-hybridized carbons (Fsp3) is 0.0312. The van der Waals surface area contributed by atoms with Gasteiger partial charge in [0.2, 0.25) is 0 Å². The maximum atomic E-state index is 7.02. The smallest absolute Gasteiger partial charge is 0.143 e. The van der Waals surface area contributed by atoms with Crippen LogP contribution in [-0.4, -0.2) is 4.57 Å². The lowest BCUT2D eigenvalue weighted by Gasteiger charge is -2.17. The number of hydrogen-bond acceptors (Lipinski definition) is 2. The van der Waals surface area contributed by atoms with Crippen molar-refractivity contribution in [3.63, 3.8) is 0 Å². The molecular formula is C64H37NO2. The van der Waals surface area contributed by atoms with E-state index in [0.29, 0.717) is 0 Å². The molecule has 15 rings (SSSR count). The molecule has 11 aromatic carbocycles. The van der Waals surface area contributed by atoms with Crippen LogP contribution in [0.25, 0.3) is 132 Å². The van der Waals surface area contributed by atoms with Crippen molar-refractivity contribution in [3.05, 3.63) is 229 Å². The van der Waals surface area contributed by atoms with Crippen molar-refractivity contribution in [2.75, 3.05) is 0 Å². The summed E-state index contributed by atoms with van der Waals surface area (Å²) in [5, 5.41) is 13.0. The Morgan fingerprint density at radius 1 is 0.448 bits per heavy atom. The van der Waals surface area contributed by atoms with Crippen LogP contribution in [0.3, 0.4) is 0 Å². The molecule has 1 aliphatic rings. The molecule has 3 heteroatoms. The molecule has 3 aromatic heterocycles. The quantitative estimate of drug-likeness (QED) is 0.162. The zero-order valence-electron chi connectivity index (χ0n) is 36.2. The lowest BCUT2D eigenvalue weighted by atomic mass is 9.86. The molecule has 0 radical (unpaired) electrons. The molecular weight excluding hydrogens is 815 g/mol. The Balaban J connectivity index is 0.978. The molecule has 0 spiro atoms. The van der Waals surface area contributed by atoms with Crippen LogP contribution in [0.5, 0.6) is 0 Å². The van der Waals surface area contributed by atoms with Crippen LogP contribution in [0.4, 0.5) is 0 Å². The predicted molar refractivity (Wildman–Crippen MR) is 277 cm³/mol.